The van der Waals surface area contributed by atoms with Gasteiger partial charge >= 0.3 is 0 Å². The fourth-order valence-electron chi connectivity index (χ4n) is 2.63. The van der Waals surface area contributed by atoms with Gasteiger partial charge in [-0.25, -0.2) is 4.98 Å². The Morgan fingerprint density at radius 2 is 2.17 bits per heavy atom. The van der Waals surface area contributed by atoms with Gasteiger partial charge in [-0.15, -0.1) is 0 Å². The summed E-state index contributed by atoms with van der Waals surface area (Å²) < 4.78 is 2.48. The number of hydrogen-bond donors (Lipinski definition) is 1. The molecule has 1 aliphatic heterocycles. The van der Waals surface area contributed by atoms with Crippen molar-refractivity contribution in [3.05, 3.63) is 17.2 Å². The molecule has 0 aromatic carbocycles. The van der Waals surface area contributed by atoms with Gasteiger partial charge in [0.15, 0.2) is 0 Å². The van der Waals surface area contributed by atoms with E-state index < -0.39 is 0 Å². The van der Waals surface area contributed by atoms with E-state index in [4.69, 9.17) is 4.98 Å². The SMILES string of the molecule is CC(C)c1nc2c(n1CCCN(C)C)CCNC2. The van der Waals surface area contributed by atoms with Crippen molar-refractivity contribution in [1.29, 1.82) is 0 Å². The largest absolute Gasteiger partial charge is 0.331 e. The molecular formula is C14H26N4. The van der Waals surface area contributed by atoms with Gasteiger partial charge in [0.25, 0.3) is 0 Å². The van der Waals surface area contributed by atoms with Crippen molar-refractivity contribution in [3.8, 4) is 0 Å². The van der Waals surface area contributed by atoms with Crippen LogP contribution in [0.5, 0.6) is 0 Å². The minimum Gasteiger partial charge on any atom is -0.331 e. The Balaban J connectivity index is 2.17. The third kappa shape index (κ3) is 2.93. The second-order valence-corrected chi connectivity index (χ2v) is 5.75. The zero-order valence-electron chi connectivity index (χ0n) is 12.2. The number of rotatable bonds is 5. The molecule has 0 aliphatic carbocycles. The quantitative estimate of drug-likeness (QED) is 0.862. The Bertz CT molecular complexity index is 393. The van der Waals surface area contributed by atoms with Gasteiger partial charge < -0.3 is 14.8 Å². The fraction of sp³-hybridized carbons (Fsp3) is 0.786. The molecule has 4 heteroatoms. The van der Waals surface area contributed by atoms with Crippen molar-refractivity contribution in [2.45, 2.75) is 45.7 Å². The Labute approximate surface area is 110 Å². The minimum atomic E-state index is 0.509. The predicted octanol–water partition coefficient (Wildman–Crippen LogP) is 1.60. The summed E-state index contributed by atoms with van der Waals surface area (Å²) in [6.45, 7) is 8.75. The second-order valence-electron chi connectivity index (χ2n) is 5.75. The first kappa shape index (κ1) is 13.6. The zero-order chi connectivity index (χ0) is 13.1. The van der Waals surface area contributed by atoms with Gasteiger partial charge in [0.2, 0.25) is 0 Å². The molecule has 0 unspecified atom stereocenters. The lowest BCUT2D eigenvalue weighted by Gasteiger charge is -2.18. The van der Waals surface area contributed by atoms with E-state index in [0.717, 1.165) is 32.6 Å². The summed E-state index contributed by atoms with van der Waals surface area (Å²) in [6, 6.07) is 0. The summed E-state index contributed by atoms with van der Waals surface area (Å²) in [6.07, 6.45) is 2.32. The van der Waals surface area contributed by atoms with E-state index in [-0.39, 0.29) is 0 Å². The first-order valence-electron chi connectivity index (χ1n) is 7.03. The van der Waals surface area contributed by atoms with Crippen molar-refractivity contribution in [2.24, 2.45) is 0 Å². The lowest BCUT2D eigenvalue weighted by Crippen LogP contribution is -2.25. The molecule has 102 valence electrons. The van der Waals surface area contributed by atoms with Gasteiger partial charge in [-0.3, -0.25) is 0 Å². The van der Waals surface area contributed by atoms with Gasteiger partial charge in [-0.2, -0.15) is 0 Å². The predicted molar refractivity (Wildman–Crippen MR) is 74.9 cm³/mol. The first-order valence-corrected chi connectivity index (χ1v) is 7.03. The molecule has 18 heavy (non-hydrogen) atoms. The standard InChI is InChI=1S/C14H26N4/c1-11(2)14-16-12-10-15-7-6-13(12)18(14)9-5-8-17(3)4/h11,15H,5-10H2,1-4H3. The molecule has 1 N–H and O–H groups in total. The number of hydrogen-bond acceptors (Lipinski definition) is 3. The molecule has 0 fully saturated rings. The maximum atomic E-state index is 4.83. The van der Waals surface area contributed by atoms with Crippen molar-refractivity contribution in [2.75, 3.05) is 27.2 Å². The normalized spacial score (nSPS) is 15.4. The van der Waals surface area contributed by atoms with Gasteiger partial charge in [-0.1, -0.05) is 13.8 Å². The van der Waals surface area contributed by atoms with Crippen LogP contribution in [0.3, 0.4) is 0 Å². The van der Waals surface area contributed by atoms with Crippen LogP contribution in [0.2, 0.25) is 0 Å². The van der Waals surface area contributed by atoms with Crippen LogP contribution in [0.4, 0.5) is 0 Å². The van der Waals surface area contributed by atoms with Crippen LogP contribution in [-0.2, 0) is 19.5 Å². The summed E-state index contributed by atoms with van der Waals surface area (Å²) in [5.41, 5.74) is 2.74. The topological polar surface area (TPSA) is 33.1 Å². The van der Waals surface area contributed by atoms with E-state index in [1.807, 2.05) is 0 Å². The third-order valence-corrected chi connectivity index (χ3v) is 3.52. The molecule has 0 atom stereocenters. The van der Waals surface area contributed by atoms with E-state index in [2.05, 4.69) is 42.7 Å². The Hall–Kier alpha value is -0.870. The monoisotopic (exact) mass is 250 g/mol. The average Bonchev–Trinajstić information content (AvgIpc) is 2.68. The molecule has 0 spiro atoms. The van der Waals surface area contributed by atoms with E-state index in [9.17, 15) is 0 Å². The second kappa shape index (κ2) is 5.85. The minimum absolute atomic E-state index is 0.509. The molecule has 1 aromatic heterocycles. The first-order chi connectivity index (χ1) is 8.59. The molecule has 0 amide bonds. The van der Waals surface area contributed by atoms with Gasteiger partial charge in [0, 0.05) is 37.7 Å². The molecule has 0 radical (unpaired) electrons. The van der Waals surface area contributed by atoms with Crippen LogP contribution in [0.1, 0.15) is 43.4 Å². The zero-order valence-corrected chi connectivity index (χ0v) is 12.2. The molecule has 0 saturated carbocycles. The maximum absolute atomic E-state index is 4.83. The molecule has 1 aromatic rings. The van der Waals surface area contributed by atoms with Crippen molar-refractivity contribution >= 4 is 0 Å². The Kier molecular flexibility index (Phi) is 4.40. The highest BCUT2D eigenvalue weighted by molar-refractivity contribution is 5.21. The average molecular weight is 250 g/mol. The number of imidazole rings is 1. The van der Waals surface area contributed by atoms with Crippen molar-refractivity contribution in [1.82, 2.24) is 19.8 Å². The molecule has 0 bridgehead atoms. The summed E-state index contributed by atoms with van der Waals surface area (Å²) in [5.74, 6) is 1.78. The van der Waals surface area contributed by atoms with E-state index in [1.165, 1.54) is 23.6 Å². The van der Waals surface area contributed by atoms with Crippen LogP contribution >= 0.6 is 0 Å². The van der Waals surface area contributed by atoms with E-state index >= 15 is 0 Å². The van der Waals surface area contributed by atoms with Gasteiger partial charge in [0.1, 0.15) is 5.82 Å². The lowest BCUT2D eigenvalue weighted by atomic mass is 10.1. The highest BCUT2D eigenvalue weighted by Gasteiger charge is 2.20. The highest BCUT2D eigenvalue weighted by atomic mass is 15.1. The molecule has 1 aliphatic rings. The summed E-state index contributed by atoms with van der Waals surface area (Å²) in [5, 5.41) is 3.41. The molecular weight excluding hydrogens is 224 g/mol. The number of nitrogens with zero attached hydrogens (tertiary/aromatic N) is 3. The van der Waals surface area contributed by atoms with E-state index in [1.54, 1.807) is 0 Å². The van der Waals surface area contributed by atoms with Crippen molar-refractivity contribution < 1.29 is 0 Å². The maximum Gasteiger partial charge on any atom is 0.111 e. The van der Waals surface area contributed by atoms with Crippen LogP contribution in [-0.4, -0.2) is 41.6 Å². The Morgan fingerprint density at radius 1 is 1.39 bits per heavy atom. The highest BCUT2D eigenvalue weighted by Crippen LogP contribution is 2.22. The molecule has 4 nitrogen and oxygen atoms in total. The number of fused-ring (bicyclic) bond motifs is 1. The van der Waals surface area contributed by atoms with E-state index in [0.29, 0.717) is 5.92 Å². The van der Waals surface area contributed by atoms with Crippen LogP contribution < -0.4 is 5.32 Å². The van der Waals surface area contributed by atoms with Crippen molar-refractivity contribution in [3.63, 3.8) is 0 Å². The summed E-state index contributed by atoms with van der Waals surface area (Å²) in [4.78, 5) is 7.08. The smallest absolute Gasteiger partial charge is 0.111 e. The molecule has 2 heterocycles. The molecule has 2 rings (SSSR count). The summed E-state index contributed by atoms with van der Waals surface area (Å²) in [7, 11) is 4.27. The molecule has 0 saturated heterocycles. The van der Waals surface area contributed by atoms with Gasteiger partial charge in [0.05, 0.1) is 5.69 Å². The number of nitrogens with one attached hydrogen (secondary N) is 1. The third-order valence-electron chi connectivity index (χ3n) is 3.52. The summed E-state index contributed by atoms with van der Waals surface area (Å²) >= 11 is 0. The Morgan fingerprint density at radius 3 is 2.83 bits per heavy atom. The van der Waals surface area contributed by atoms with Crippen LogP contribution in [0.15, 0.2) is 0 Å². The number of aromatic nitrogens is 2. The fourth-order valence-corrected chi connectivity index (χ4v) is 2.63. The lowest BCUT2D eigenvalue weighted by molar-refractivity contribution is 0.381. The van der Waals surface area contributed by atoms with Crippen LogP contribution in [0, 0.1) is 0 Å². The van der Waals surface area contributed by atoms with Gasteiger partial charge in [-0.05, 0) is 27.1 Å². The van der Waals surface area contributed by atoms with Crippen LogP contribution in [0.25, 0.3) is 0 Å².